The van der Waals surface area contributed by atoms with E-state index in [1.165, 1.54) is 5.56 Å². The van der Waals surface area contributed by atoms with E-state index in [2.05, 4.69) is 32.3 Å². The standard InChI is InChI=1S/C19H24N4O/c1-2-8-21-18(3-1)22-17-13-19(24-15-17)6-11-23(12-7-19)14-16-4-9-20-10-5-16/h1-5,8-10,17H,6-7,11-15H2,(H,21,22)/t17-/m0/s1. The molecule has 5 nitrogen and oxygen atoms in total. The second kappa shape index (κ2) is 6.87. The number of ether oxygens (including phenoxy) is 1. The van der Waals surface area contributed by atoms with Gasteiger partial charge in [0.05, 0.1) is 18.2 Å². The van der Waals surface area contributed by atoms with E-state index in [4.69, 9.17) is 4.74 Å². The molecule has 0 aromatic carbocycles. The van der Waals surface area contributed by atoms with Crippen LogP contribution in [0.2, 0.25) is 0 Å². The zero-order valence-corrected chi connectivity index (χ0v) is 13.9. The zero-order valence-electron chi connectivity index (χ0n) is 13.9. The third-order valence-electron chi connectivity index (χ3n) is 5.15. The molecule has 5 heteroatoms. The molecule has 0 unspecified atom stereocenters. The molecule has 0 amide bonds. The second-order valence-electron chi connectivity index (χ2n) is 6.89. The minimum Gasteiger partial charge on any atom is -0.373 e. The molecule has 1 N–H and O–H groups in total. The lowest BCUT2D eigenvalue weighted by Gasteiger charge is -2.38. The minimum absolute atomic E-state index is 0.0567. The van der Waals surface area contributed by atoms with Crippen LogP contribution in [0, 0.1) is 0 Å². The van der Waals surface area contributed by atoms with E-state index in [0.717, 1.165) is 51.3 Å². The molecular weight excluding hydrogens is 300 g/mol. The smallest absolute Gasteiger partial charge is 0.126 e. The maximum Gasteiger partial charge on any atom is 0.126 e. The fourth-order valence-corrected chi connectivity index (χ4v) is 3.81. The first-order valence-electron chi connectivity index (χ1n) is 8.74. The normalized spacial score (nSPS) is 23.4. The number of likely N-dealkylation sites (tertiary alicyclic amines) is 1. The van der Waals surface area contributed by atoms with Crippen LogP contribution in [-0.2, 0) is 11.3 Å². The van der Waals surface area contributed by atoms with E-state index in [-0.39, 0.29) is 5.60 Å². The number of hydrogen-bond acceptors (Lipinski definition) is 5. The average Bonchev–Trinajstić information content (AvgIpc) is 3.01. The summed E-state index contributed by atoms with van der Waals surface area (Å²) in [7, 11) is 0. The third kappa shape index (κ3) is 3.57. The number of anilines is 1. The zero-order chi connectivity index (χ0) is 16.2. The Labute approximate surface area is 143 Å². The van der Waals surface area contributed by atoms with Crippen LogP contribution in [0.5, 0.6) is 0 Å². The molecule has 0 radical (unpaired) electrons. The lowest BCUT2D eigenvalue weighted by Crippen LogP contribution is -2.44. The number of rotatable bonds is 4. The summed E-state index contributed by atoms with van der Waals surface area (Å²) in [6.45, 7) is 3.98. The van der Waals surface area contributed by atoms with Crippen molar-refractivity contribution in [3.8, 4) is 0 Å². The molecule has 2 saturated heterocycles. The first-order valence-corrected chi connectivity index (χ1v) is 8.74. The topological polar surface area (TPSA) is 50.3 Å². The van der Waals surface area contributed by atoms with Crippen molar-refractivity contribution in [3.05, 3.63) is 54.5 Å². The summed E-state index contributed by atoms with van der Waals surface area (Å²) in [5.41, 5.74) is 1.39. The SMILES string of the molecule is c1ccc(N[C@@H]2COC3(CCN(Cc4ccncc4)CC3)C2)nc1. The maximum absolute atomic E-state index is 6.24. The van der Waals surface area contributed by atoms with Gasteiger partial charge in [-0.3, -0.25) is 9.88 Å². The Bertz CT molecular complexity index is 641. The van der Waals surface area contributed by atoms with Crippen molar-refractivity contribution in [2.24, 2.45) is 0 Å². The van der Waals surface area contributed by atoms with E-state index in [1.54, 1.807) is 0 Å². The quantitative estimate of drug-likeness (QED) is 0.937. The molecule has 0 aliphatic carbocycles. The highest BCUT2D eigenvalue weighted by molar-refractivity contribution is 5.35. The summed E-state index contributed by atoms with van der Waals surface area (Å²) < 4.78 is 6.24. The molecule has 2 aromatic rings. The lowest BCUT2D eigenvalue weighted by molar-refractivity contribution is -0.0448. The van der Waals surface area contributed by atoms with Gasteiger partial charge in [0, 0.05) is 38.2 Å². The van der Waals surface area contributed by atoms with E-state index < -0.39 is 0 Å². The molecule has 2 aromatic heterocycles. The van der Waals surface area contributed by atoms with E-state index in [1.807, 2.05) is 36.8 Å². The van der Waals surface area contributed by atoms with Gasteiger partial charge in [-0.1, -0.05) is 6.07 Å². The predicted octanol–water partition coefficient (Wildman–Crippen LogP) is 2.71. The molecule has 24 heavy (non-hydrogen) atoms. The molecule has 4 rings (SSSR count). The summed E-state index contributed by atoms with van der Waals surface area (Å²) in [4.78, 5) is 11.0. The van der Waals surface area contributed by atoms with Crippen LogP contribution in [0.3, 0.4) is 0 Å². The summed E-state index contributed by atoms with van der Waals surface area (Å²) in [5.74, 6) is 0.943. The van der Waals surface area contributed by atoms with E-state index in [0.29, 0.717) is 6.04 Å². The number of nitrogens with zero attached hydrogens (tertiary/aromatic N) is 3. The van der Waals surface area contributed by atoms with Crippen LogP contribution < -0.4 is 5.32 Å². The number of nitrogens with one attached hydrogen (secondary N) is 1. The number of hydrogen-bond donors (Lipinski definition) is 1. The minimum atomic E-state index is 0.0567. The largest absolute Gasteiger partial charge is 0.373 e. The average molecular weight is 324 g/mol. The molecule has 2 aliphatic rings. The van der Waals surface area contributed by atoms with Crippen molar-refractivity contribution in [2.45, 2.75) is 37.5 Å². The highest BCUT2D eigenvalue weighted by atomic mass is 16.5. The molecule has 0 bridgehead atoms. The van der Waals surface area contributed by atoms with Gasteiger partial charge in [-0.15, -0.1) is 0 Å². The van der Waals surface area contributed by atoms with Crippen molar-refractivity contribution < 1.29 is 4.74 Å². The summed E-state index contributed by atoms with van der Waals surface area (Å²) in [6, 6.07) is 10.5. The lowest BCUT2D eigenvalue weighted by atomic mass is 9.87. The Balaban J connectivity index is 1.29. The Morgan fingerprint density at radius 1 is 1.12 bits per heavy atom. The van der Waals surface area contributed by atoms with Crippen molar-refractivity contribution in [1.82, 2.24) is 14.9 Å². The molecule has 126 valence electrons. The molecule has 1 atom stereocenters. The van der Waals surface area contributed by atoms with Crippen molar-refractivity contribution >= 4 is 5.82 Å². The van der Waals surface area contributed by atoms with Gasteiger partial charge in [-0.2, -0.15) is 0 Å². The van der Waals surface area contributed by atoms with Crippen LogP contribution in [0.1, 0.15) is 24.8 Å². The highest BCUT2D eigenvalue weighted by Gasteiger charge is 2.42. The Morgan fingerprint density at radius 2 is 1.96 bits per heavy atom. The summed E-state index contributed by atoms with van der Waals surface area (Å²) >= 11 is 0. The van der Waals surface area contributed by atoms with Gasteiger partial charge in [0.15, 0.2) is 0 Å². The fraction of sp³-hybridized carbons (Fsp3) is 0.474. The van der Waals surface area contributed by atoms with Gasteiger partial charge >= 0.3 is 0 Å². The van der Waals surface area contributed by atoms with Crippen LogP contribution in [-0.4, -0.2) is 46.2 Å². The van der Waals surface area contributed by atoms with E-state index in [9.17, 15) is 0 Å². The monoisotopic (exact) mass is 324 g/mol. The number of aromatic nitrogens is 2. The Kier molecular flexibility index (Phi) is 4.45. The Hall–Kier alpha value is -1.98. The highest BCUT2D eigenvalue weighted by Crippen LogP contribution is 2.37. The molecule has 0 saturated carbocycles. The first kappa shape index (κ1) is 15.5. The predicted molar refractivity (Wildman–Crippen MR) is 93.7 cm³/mol. The maximum atomic E-state index is 6.24. The molecule has 1 spiro atoms. The first-order chi connectivity index (χ1) is 11.8. The van der Waals surface area contributed by atoms with Gasteiger partial charge in [-0.05, 0) is 49.1 Å². The van der Waals surface area contributed by atoms with Gasteiger partial charge in [0.1, 0.15) is 5.82 Å². The van der Waals surface area contributed by atoms with Crippen molar-refractivity contribution in [3.63, 3.8) is 0 Å². The van der Waals surface area contributed by atoms with Gasteiger partial charge in [-0.25, -0.2) is 4.98 Å². The fourth-order valence-electron chi connectivity index (χ4n) is 3.81. The van der Waals surface area contributed by atoms with Crippen LogP contribution in [0.4, 0.5) is 5.82 Å². The van der Waals surface area contributed by atoms with Gasteiger partial charge < -0.3 is 10.1 Å². The van der Waals surface area contributed by atoms with Gasteiger partial charge in [0.25, 0.3) is 0 Å². The molecular formula is C19H24N4O. The second-order valence-corrected chi connectivity index (χ2v) is 6.89. The van der Waals surface area contributed by atoms with E-state index >= 15 is 0 Å². The van der Waals surface area contributed by atoms with Crippen molar-refractivity contribution in [1.29, 1.82) is 0 Å². The Morgan fingerprint density at radius 3 is 2.71 bits per heavy atom. The number of piperidine rings is 1. The summed E-state index contributed by atoms with van der Waals surface area (Å²) in [5, 5.41) is 3.51. The molecule has 2 fully saturated rings. The molecule has 4 heterocycles. The summed E-state index contributed by atoms with van der Waals surface area (Å²) in [6.07, 6.45) is 8.86. The van der Waals surface area contributed by atoms with Gasteiger partial charge in [0.2, 0.25) is 0 Å². The van der Waals surface area contributed by atoms with Crippen molar-refractivity contribution in [2.75, 3.05) is 25.0 Å². The van der Waals surface area contributed by atoms with Crippen LogP contribution >= 0.6 is 0 Å². The number of pyridine rings is 2. The van der Waals surface area contributed by atoms with Crippen LogP contribution in [0.15, 0.2) is 48.9 Å². The third-order valence-corrected chi connectivity index (χ3v) is 5.15. The molecule has 2 aliphatic heterocycles. The van der Waals surface area contributed by atoms with Crippen LogP contribution in [0.25, 0.3) is 0 Å².